The Morgan fingerprint density at radius 1 is 1.15 bits per heavy atom. The van der Waals surface area contributed by atoms with Crippen LogP contribution in [0.15, 0.2) is 53.0 Å². The minimum atomic E-state index is -0.0392. The first-order valence-electron chi connectivity index (χ1n) is 6.81. The van der Waals surface area contributed by atoms with Crippen LogP contribution < -0.4 is 10.5 Å². The zero-order valence-electron chi connectivity index (χ0n) is 11.8. The molecule has 0 saturated heterocycles. The molecule has 3 heteroatoms. The molecule has 2 atom stereocenters. The average molecular weight is 334 g/mol. The van der Waals surface area contributed by atoms with E-state index < -0.39 is 0 Å². The number of hydrogen-bond acceptors (Lipinski definition) is 2. The van der Waals surface area contributed by atoms with Gasteiger partial charge in [-0.1, -0.05) is 59.3 Å². The summed E-state index contributed by atoms with van der Waals surface area (Å²) in [6.45, 7) is 2.18. The summed E-state index contributed by atoms with van der Waals surface area (Å²) >= 11 is 3.60. The highest BCUT2D eigenvalue weighted by Crippen LogP contribution is 2.36. The first-order chi connectivity index (χ1) is 9.67. The van der Waals surface area contributed by atoms with Crippen LogP contribution in [0.2, 0.25) is 0 Å². The van der Waals surface area contributed by atoms with E-state index in [9.17, 15) is 0 Å². The second-order valence-corrected chi connectivity index (χ2v) is 5.69. The van der Waals surface area contributed by atoms with Gasteiger partial charge in [0.05, 0.1) is 7.11 Å². The lowest BCUT2D eigenvalue weighted by molar-refractivity contribution is 0.414. The van der Waals surface area contributed by atoms with E-state index in [-0.39, 0.29) is 6.04 Å². The summed E-state index contributed by atoms with van der Waals surface area (Å²) in [7, 11) is 1.67. The van der Waals surface area contributed by atoms with E-state index in [0.717, 1.165) is 22.2 Å². The van der Waals surface area contributed by atoms with E-state index in [0.29, 0.717) is 5.92 Å². The highest BCUT2D eigenvalue weighted by atomic mass is 79.9. The van der Waals surface area contributed by atoms with Gasteiger partial charge in [-0.25, -0.2) is 0 Å². The van der Waals surface area contributed by atoms with Crippen LogP contribution in [-0.4, -0.2) is 7.11 Å². The quantitative estimate of drug-likeness (QED) is 0.864. The van der Waals surface area contributed by atoms with Gasteiger partial charge < -0.3 is 10.5 Å². The van der Waals surface area contributed by atoms with Crippen molar-refractivity contribution in [1.82, 2.24) is 0 Å². The Labute approximate surface area is 129 Å². The first-order valence-corrected chi connectivity index (χ1v) is 7.60. The van der Waals surface area contributed by atoms with Gasteiger partial charge in [0.15, 0.2) is 0 Å². The van der Waals surface area contributed by atoms with Gasteiger partial charge in [0.25, 0.3) is 0 Å². The first kappa shape index (κ1) is 15.1. The van der Waals surface area contributed by atoms with E-state index in [1.807, 2.05) is 24.3 Å². The van der Waals surface area contributed by atoms with Gasteiger partial charge in [-0.3, -0.25) is 0 Å². The maximum atomic E-state index is 6.50. The lowest BCUT2D eigenvalue weighted by atomic mass is 9.86. The largest absolute Gasteiger partial charge is 0.497 e. The summed E-state index contributed by atoms with van der Waals surface area (Å²) in [5.41, 5.74) is 8.90. The Balaban J connectivity index is 2.31. The number of ether oxygens (including phenoxy) is 1. The molecule has 0 aliphatic heterocycles. The van der Waals surface area contributed by atoms with Gasteiger partial charge in [0.1, 0.15) is 5.75 Å². The Morgan fingerprint density at radius 2 is 1.85 bits per heavy atom. The number of rotatable bonds is 5. The second-order valence-electron chi connectivity index (χ2n) is 4.84. The predicted molar refractivity (Wildman–Crippen MR) is 87.1 cm³/mol. The highest BCUT2D eigenvalue weighted by Gasteiger charge is 2.21. The van der Waals surface area contributed by atoms with Gasteiger partial charge in [-0.2, -0.15) is 0 Å². The van der Waals surface area contributed by atoms with E-state index in [1.165, 1.54) is 5.56 Å². The zero-order chi connectivity index (χ0) is 14.5. The van der Waals surface area contributed by atoms with Gasteiger partial charge in [0, 0.05) is 16.4 Å². The Kier molecular flexibility index (Phi) is 5.21. The molecule has 106 valence electrons. The Morgan fingerprint density at radius 3 is 2.40 bits per heavy atom. The number of benzene rings is 2. The monoisotopic (exact) mass is 333 g/mol. The van der Waals surface area contributed by atoms with Crippen molar-refractivity contribution in [1.29, 1.82) is 0 Å². The third-order valence-corrected chi connectivity index (χ3v) is 4.35. The van der Waals surface area contributed by atoms with Gasteiger partial charge in [-0.05, 0) is 29.7 Å². The number of methoxy groups -OCH3 is 1. The van der Waals surface area contributed by atoms with Crippen molar-refractivity contribution in [3.05, 3.63) is 64.1 Å². The highest BCUT2D eigenvalue weighted by molar-refractivity contribution is 9.10. The molecule has 0 fully saturated rings. The van der Waals surface area contributed by atoms with Crippen LogP contribution in [0.3, 0.4) is 0 Å². The lowest BCUT2D eigenvalue weighted by Crippen LogP contribution is -2.20. The Bertz CT molecular complexity index is 556. The molecule has 2 aromatic carbocycles. The fraction of sp³-hybridized carbons (Fsp3) is 0.294. The molecule has 2 N–H and O–H groups in total. The van der Waals surface area contributed by atoms with Crippen LogP contribution >= 0.6 is 15.9 Å². The molecular formula is C17H20BrNO. The Hall–Kier alpha value is -1.32. The normalized spacial score (nSPS) is 13.8. The van der Waals surface area contributed by atoms with E-state index in [1.54, 1.807) is 7.11 Å². The third-order valence-electron chi connectivity index (χ3n) is 3.67. The van der Waals surface area contributed by atoms with Crippen molar-refractivity contribution in [2.75, 3.05) is 7.11 Å². The molecule has 0 radical (unpaired) electrons. The van der Waals surface area contributed by atoms with Gasteiger partial charge >= 0.3 is 0 Å². The molecule has 0 aliphatic rings. The molecule has 2 aromatic rings. The lowest BCUT2D eigenvalue weighted by Gasteiger charge is -2.24. The SMILES string of the molecule is CCC(c1ccccc1)C(N)c1ccc(OC)cc1Br. The van der Waals surface area contributed by atoms with Crippen molar-refractivity contribution in [3.63, 3.8) is 0 Å². The van der Waals surface area contributed by atoms with Crippen molar-refractivity contribution < 1.29 is 4.74 Å². The van der Waals surface area contributed by atoms with E-state index >= 15 is 0 Å². The van der Waals surface area contributed by atoms with E-state index in [2.05, 4.69) is 47.1 Å². The van der Waals surface area contributed by atoms with Crippen LogP contribution in [-0.2, 0) is 0 Å². The molecule has 0 bridgehead atoms. The standard InChI is InChI=1S/C17H20BrNO/c1-3-14(12-7-5-4-6-8-12)17(19)15-10-9-13(20-2)11-16(15)18/h4-11,14,17H,3,19H2,1-2H3. The fourth-order valence-corrected chi connectivity index (χ4v) is 3.14. The molecule has 0 spiro atoms. The maximum Gasteiger partial charge on any atom is 0.120 e. The van der Waals surface area contributed by atoms with Crippen LogP contribution in [0.4, 0.5) is 0 Å². The second kappa shape index (κ2) is 6.91. The predicted octanol–water partition coefficient (Wildman–Crippen LogP) is 4.65. The summed E-state index contributed by atoms with van der Waals surface area (Å²) < 4.78 is 6.23. The van der Waals surface area contributed by atoms with Crippen LogP contribution in [0, 0.1) is 0 Å². The van der Waals surface area contributed by atoms with Crippen molar-refractivity contribution >= 4 is 15.9 Å². The molecule has 2 unspecified atom stereocenters. The van der Waals surface area contributed by atoms with Gasteiger partial charge in [0.2, 0.25) is 0 Å². The van der Waals surface area contributed by atoms with Crippen molar-refractivity contribution in [3.8, 4) is 5.75 Å². The number of hydrogen-bond donors (Lipinski definition) is 1. The summed E-state index contributed by atoms with van der Waals surface area (Å²) in [5.74, 6) is 1.14. The summed E-state index contributed by atoms with van der Waals surface area (Å²) in [5, 5.41) is 0. The minimum Gasteiger partial charge on any atom is -0.497 e. The number of halogens is 1. The molecule has 0 aliphatic carbocycles. The summed E-state index contributed by atoms with van der Waals surface area (Å²) in [6, 6.07) is 16.4. The van der Waals surface area contributed by atoms with Crippen molar-refractivity contribution in [2.45, 2.75) is 25.3 Å². The zero-order valence-corrected chi connectivity index (χ0v) is 13.4. The molecule has 0 saturated carbocycles. The molecule has 0 heterocycles. The minimum absolute atomic E-state index is 0.0392. The fourth-order valence-electron chi connectivity index (χ4n) is 2.52. The van der Waals surface area contributed by atoms with Crippen molar-refractivity contribution in [2.24, 2.45) is 5.73 Å². The number of nitrogens with two attached hydrogens (primary N) is 1. The van der Waals surface area contributed by atoms with Crippen LogP contribution in [0.1, 0.15) is 36.4 Å². The topological polar surface area (TPSA) is 35.2 Å². The van der Waals surface area contributed by atoms with Gasteiger partial charge in [-0.15, -0.1) is 0 Å². The summed E-state index contributed by atoms with van der Waals surface area (Å²) in [6.07, 6.45) is 1.00. The average Bonchev–Trinajstić information content (AvgIpc) is 2.48. The molecule has 2 rings (SSSR count). The molecule has 2 nitrogen and oxygen atoms in total. The molecule has 20 heavy (non-hydrogen) atoms. The molecular weight excluding hydrogens is 314 g/mol. The van der Waals surface area contributed by atoms with Crippen LogP contribution in [0.25, 0.3) is 0 Å². The maximum absolute atomic E-state index is 6.50. The smallest absolute Gasteiger partial charge is 0.120 e. The summed E-state index contributed by atoms with van der Waals surface area (Å²) in [4.78, 5) is 0. The van der Waals surface area contributed by atoms with Crippen LogP contribution in [0.5, 0.6) is 5.75 Å². The molecule has 0 aromatic heterocycles. The van der Waals surface area contributed by atoms with E-state index in [4.69, 9.17) is 10.5 Å². The molecule has 0 amide bonds. The third kappa shape index (κ3) is 3.22.